The number of nitrogens with one attached hydrogen (secondary N) is 2. The van der Waals surface area contributed by atoms with Crippen LogP contribution in [0, 0.1) is 6.92 Å². The summed E-state index contributed by atoms with van der Waals surface area (Å²) < 4.78 is 28.6. The summed E-state index contributed by atoms with van der Waals surface area (Å²) in [4.78, 5) is 12.7. The SMILES string of the molecule is Cc1ccc(NC(=O)CSc2nnc(NC(C)C)s2)cc1S(=O)(=O)N1CCCCCC1. The fourth-order valence-corrected chi connectivity index (χ4v) is 6.74. The second kappa shape index (κ2) is 10.8. The lowest BCUT2D eigenvalue weighted by Crippen LogP contribution is -2.32. The normalized spacial score (nSPS) is 15.6. The minimum atomic E-state index is -3.58. The van der Waals surface area contributed by atoms with Gasteiger partial charge in [-0.05, 0) is 51.3 Å². The van der Waals surface area contributed by atoms with E-state index < -0.39 is 10.0 Å². The second-order valence-electron chi connectivity index (χ2n) is 7.81. The predicted molar refractivity (Wildman–Crippen MR) is 126 cm³/mol. The number of carbonyl (C=O) groups excluding carboxylic acids is 1. The third kappa shape index (κ3) is 6.64. The van der Waals surface area contributed by atoms with E-state index in [1.54, 1.807) is 29.4 Å². The first-order chi connectivity index (χ1) is 14.8. The molecule has 2 N–H and O–H groups in total. The van der Waals surface area contributed by atoms with Gasteiger partial charge in [0, 0.05) is 24.8 Å². The van der Waals surface area contributed by atoms with E-state index in [1.807, 2.05) is 13.8 Å². The maximum absolute atomic E-state index is 13.2. The van der Waals surface area contributed by atoms with Gasteiger partial charge < -0.3 is 10.6 Å². The maximum atomic E-state index is 13.2. The van der Waals surface area contributed by atoms with Crippen LogP contribution in [0.15, 0.2) is 27.4 Å². The second-order valence-corrected chi connectivity index (χ2v) is 11.9. The quantitative estimate of drug-likeness (QED) is 0.548. The molecule has 1 aromatic carbocycles. The number of rotatable bonds is 8. The minimum absolute atomic E-state index is 0.165. The molecule has 31 heavy (non-hydrogen) atoms. The van der Waals surface area contributed by atoms with Crippen LogP contribution in [0.3, 0.4) is 0 Å². The number of carbonyl (C=O) groups is 1. The van der Waals surface area contributed by atoms with Crippen molar-refractivity contribution >= 4 is 49.8 Å². The van der Waals surface area contributed by atoms with E-state index in [4.69, 9.17) is 0 Å². The molecule has 1 aliphatic rings. The van der Waals surface area contributed by atoms with Crippen molar-refractivity contribution in [3.05, 3.63) is 23.8 Å². The molecule has 170 valence electrons. The Morgan fingerprint density at radius 2 is 1.90 bits per heavy atom. The Morgan fingerprint density at radius 3 is 2.58 bits per heavy atom. The Labute approximate surface area is 192 Å². The number of aromatic nitrogens is 2. The molecule has 0 unspecified atom stereocenters. The first-order valence-electron chi connectivity index (χ1n) is 10.4. The van der Waals surface area contributed by atoms with Gasteiger partial charge in [0.25, 0.3) is 0 Å². The van der Waals surface area contributed by atoms with Gasteiger partial charge in [0.1, 0.15) is 0 Å². The number of nitrogens with zero attached hydrogens (tertiary/aromatic N) is 3. The Morgan fingerprint density at radius 1 is 1.19 bits per heavy atom. The summed E-state index contributed by atoms with van der Waals surface area (Å²) in [5, 5.41) is 14.8. The predicted octanol–water partition coefficient (Wildman–Crippen LogP) is 3.96. The van der Waals surface area contributed by atoms with Gasteiger partial charge in [-0.1, -0.05) is 42.0 Å². The third-order valence-electron chi connectivity index (χ3n) is 4.80. The molecule has 1 aromatic heterocycles. The Balaban J connectivity index is 1.64. The van der Waals surface area contributed by atoms with Crippen molar-refractivity contribution in [1.29, 1.82) is 0 Å². The smallest absolute Gasteiger partial charge is 0.243 e. The highest BCUT2D eigenvalue weighted by Crippen LogP contribution is 2.28. The van der Waals surface area contributed by atoms with Gasteiger partial charge in [-0.15, -0.1) is 10.2 Å². The van der Waals surface area contributed by atoms with Gasteiger partial charge in [0.2, 0.25) is 21.1 Å². The molecule has 8 nitrogen and oxygen atoms in total. The minimum Gasteiger partial charge on any atom is -0.358 e. The van der Waals surface area contributed by atoms with E-state index in [2.05, 4.69) is 20.8 Å². The number of sulfonamides is 1. The van der Waals surface area contributed by atoms with Gasteiger partial charge >= 0.3 is 0 Å². The van der Waals surface area contributed by atoms with Crippen LogP contribution in [0.5, 0.6) is 0 Å². The van der Waals surface area contributed by atoms with Crippen molar-refractivity contribution in [2.45, 2.75) is 61.7 Å². The van der Waals surface area contributed by atoms with Crippen molar-refractivity contribution in [3.63, 3.8) is 0 Å². The van der Waals surface area contributed by atoms with Gasteiger partial charge in [-0.25, -0.2) is 8.42 Å². The summed E-state index contributed by atoms with van der Waals surface area (Å²) in [6.45, 7) is 6.91. The lowest BCUT2D eigenvalue weighted by Gasteiger charge is -2.21. The van der Waals surface area contributed by atoms with E-state index in [0.717, 1.165) is 30.8 Å². The van der Waals surface area contributed by atoms with Crippen LogP contribution < -0.4 is 10.6 Å². The summed E-state index contributed by atoms with van der Waals surface area (Å²) in [7, 11) is -3.58. The fourth-order valence-electron chi connectivity index (χ4n) is 3.27. The molecule has 0 radical (unpaired) electrons. The molecule has 0 bridgehead atoms. The Bertz CT molecular complexity index is 999. The zero-order valence-corrected chi connectivity index (χ0v) is 20.5. The van der Waals surface area contributed by atoms with Crippen molar-refractivity contribution in [2.75, 3.05) is 29.5 Å². The third-order valence-corrected chi connectivity index (χ3v) is 8.83. The van der Waals surface area contributed by atoms with Gasteiger partial charge in [-0.3, -0.25) is 4.79 Å². The molecule has 3 rings (SSSR count). The molecule has 1 saturated heterocycles. The average molecular weight is 484 g/mol. The van der Waals surface area contributed by atoms with E-state index >= 15 is 0 Å². The standard InChI is InChI=1S/C20H29N5O3S3/c1-14(2)21-19-23-24-20(30-19)29-13-18(26)22-16-9-8-15(3)17(12-16)31(27,28)25-10-6-4-5-7-11-25/h8-9,12,14H,4-7,10-11,13H2,1-3H3,(H,21,23)(H,22,26). The molecule has 0 spiro atoms. The van der Waals surface area contributed by atoms with Gasteiger partial charge in [0.05, 0.1) is 10.6 Å². The van der Waals surface area contributed by atoms with E-state index in [1.165, 1.54) is 23.1 Å². The zero-order chi connectivity index (χ0) is 22.4. The molecule has 0 aliphatic carbocycles. The molecular formula is C20H29N5O3S3. The van der Waals surface area contributed by atoms with E-state index in [-0.39, 0.29) is 22.6 Å². The molecule has 2 heterocycles. The van der Waals surface area contributed by atoms with Gasteiger partial charge in [0.15, 0.2) is 4.34 Å². The Kier molecular flexibility index (Phi) is 8.31. The molecule has 11 heteroatoms. The van der Waals surface area contributed by atoms with E-state index in [0.29, 0.717) is 28.7 Å². The van der Waals surface area contributed by atoms with Crippen LogP contribution in [0.1, 0.15) is 45.1 Å². The van der Waals surface area contributed by atoms with Crippen molar-refractivity contribution in [2.24, 2.45) is 0 Å². The van der Waals surface area contributed by atoms with Crippen LogP contribution >= 0.6 is 23.1 Å². The highest BCUT2D eigenvalue weighted by atomic mass is 32.2. The van der Waals surface area contributed by atoms with Crippen LogP contribution in [0.4, 0.5) is 10.8 Å². The molecule has 2 aromatic rings. The van der Waals surface area contributed by atoms with Crippen LogP contribution in [-0.4, -0.2) is 53.7 Å². The van der Waals surface area contributed by atoms with Crippen LogP contribution in [0.2, 0.25) is 0 Å². The molecule has 0 atom stereocenters. The average Bonchev–Trinajstić information content (AvgIpc) is 2.97. The number of benzene rings is 1. The molecule has 1 fully saturated rings. The monoisotopic (exact) mass is 483 g/mol. The van der Waals surface area contributed by atoms with Crippen molar-refractivity contribution in [3.8, 4) is 0 Å². The molecule has 1 aliphatic heterocycles. The Hall–Kier alpha value is -1.69. The maximum Gasteiger partial charge on any atom is 0.243 e. The van der Waals surface area contributed by atoms with Gasteiger partial charge in [-0.2, -0.15) is 4.31 Å². The van der Waals surface area contributed by atoms with Crippen molar-refractivity contribution in [1.82, 2.24) is 14.5 Å². The van der Waals surface area contributed by atoms with Crippen molar-refractivity contribution < 1.29 is 13.2 Å². The summed E-state index contributed by atoms with van der Waals surface area (Å²) in [5.74, 6) is -0.0566. The number of hydrogen-bond acceptors (Lipinski definition) is 8. The number of hydrogen-bond donors (Lipinski definition) is 2. The first-order valence-corrected chi connectivity index (χ1v) is 13.6. The highest BCUT2D eigenvalue weighted by Gasteiger charge is 2.27. The number of anilines is 2. The van der Waals surface area contributed by atoms with Crippen LogP contribution in [0.25, 0.3) is 0 Å². The fraction of sp³-hybridized carbons (Fsp3) is 0.550. The summed E-state index contributed by atoms with van der Waals surface area (Å²) in [6.07, 6.45) is 3.88. The lowest BCUT2D eigenvalue weighted by atomic mass is 10.2. The first kappa shape index (κ1) is 24.0. The topological polar surface area (TPSA) is 104 Å². The summed E-state index contributed by atoms with van der Waals surface area (Å²) in [6, 6.07) is 5.29. The number of amides is 1. The van der Waals surface area contributed by atoms with Crippen LogP contribution in [-0.2, 0) is 14.8 Å². The summed E-state index contributed by atoms with van der Waals surface area (Å²) in [5.41, 5.74) is 1.15. The lowest BCUT2D eigenvalue weighted by molar-refractivity contribution is -0.113. The largest absolute Gasteiger partial charge is 0.358 e. The molecule has 0 saturated carbocycles. The summed E-state index contributed by atoms with van der Waals surface area (Å²) >= 11 is 2.70. The molecular weight excluding hydrogens is 454 g/mol. The number of aryl methyl sites for hydroxylation is 1. The zero-order valence-electron chi connectivity index (χ0n) is 18.1. The van der Waals surface area contributed by atoms with E-state index in [9.17, 15) is 13.2 Å². The number of thioether (sulfide) groups is 1. The highest BCUT2D eigenvalue weighted by molar-refractivity contribution is 8.01. The molecule has 1 amide bonds.